The molecule has 3 aromatic rings. The normalized spacial score (nSPS) is 10.8. The van der Waals surface area contributed by atoms with Crippen LogP contribution in [0.25, 0.3) is 0 Å². The summed E-state index contributed by atoms with van der Waals surface area (Å²) in [6.07, 6.45) is 1.90. The van der Waals surface area contributed by atoms with E-state index in [1.54, 1.807) is 18.2 Å². The number of benzene rings is 3. The Morgan fingerprint density at radius 2 is 1.78 bits per heavy atom. The average molecular weight is 654 g/mol. The molecule has 0 spiro atoms. The Bertz CT molecular complexity index is 1300. The van der Waals surface area contributed by atoms with Gasteiger partial charge in [-0.3, -0.25) is 9.59 Å². The van der Waals surface area contributed by atoms with Crippen LogP contribution < -0.4 is 20.2 Å². The van der Waals surface area contributed by atoms with Gasteiger partial charge in [-0.15, -0.1) is 0 Å². The standard InChI is InChI=1S/C27H26Cl2IN3O4/c1-3-18-7-5-6-8-23(18)32-25(34)14-26(35)33-31-15-17-11-22(30)27(24(12-17)36-4-2)37-16-19-9-10-20(28)13-21(19)29/h5-13,15H,3-4,14,16H2,1-2H3,(H,32,34)(H,33,35). The number of nitrogens with zero attached hydrogens (tertiary/aromatic N) is 1. The van der Waals surface area contributed by atoms with Crippen molar-refractivity contribution in [1.82, 2.24) is 5.43 Å². The van der Waals surface area contributed by atoms with Crippen molar-refractivity contribution in [2.45, 2.75) is 33.3 Å². The number of aryl methyl sites for hydroxylation is 1. The van der Waals surface area contributed by atoms with Crippen molar-refractivity contribution in [2.24, 2.45) is 5.10 Å². The average Bonchev–Trinajstić information content (AvgIpc) is 2.85. The predicted octanol–water partition coefficient (Wildman–Crippen LogP) is 6.62. The summed E-state index contributed by atoms with van der Waals surface area (Å²) in [7, 11) is 0. The molecule has 3 rings (SSSR count). The number of amides is 2. The first-order chi connectivity index (χ1) is 17.8. The summed E-state index contributed by atoms with van der Waals surface area (Å²) in [5, 5.41) is 7.82. The summed E-state index contributed by atoms with van der Waals surface area (Å²) in [5.41, 5.74) is 5.56. The van der Waals surface area contributed by atoms with Crippen molar-refractivity contribution < 1.29 is 19.1 Å². The van der Waals surface area contributed by atoms with Crippen molar-refractivity contribution in [3.05, 3.63) is 84.9 Å². The molecular weight excluding hydrogens is 628 g/mol. The first kappa shape index (κ1) is 28.7. The number of carbonyl (C=O) groups is 2. The highest BCUT2D eigenvalue weighted by atomic mass is 127. The predicted molar refractivity (Wildman–Crippen MR) is 156 cm³/mol. The second-order valence-electron chi connectivity index (χ2n) is 7.82. The summed E-state index contributed by atoms with van der Waals surface area (Å²) in [6, 6.07) is 16.3. The number of anilines is 1. The molecule has 2 amide bonds. The monoisotopic (exact) mass is 653 g/mol. The van der Waals surface area contributed by atoms with E-state index in [4.69, 9.17) is 32.7 Å². The third-order valence-corrected chi connectivity index (χ3v) is 6.50. The fraction of sp³-hybridized carbons (Fsp3) is 0.222. The topological polar surface area (TPSA) is 89.0 Å². The van der Waals surface area contributed by atoms with Gasteiger partial charge in [0.2, 0.25) is 11.8 Å². The van der Waals surface area contributed by atoms with Crippen LogP contribution in [0.5, 0.6) is 11.5 Å². The molecule has 0 heterocycles. The zero-order valence-electron chi connectivity index (χ0n) is 20.3. The molecule has 0 aliphatic heterocycles. The maximum absolute atomic E-state index is 12.3. The maximum Gasteiger partial charge on any atom is 0.249 e. The third-order valence-electron chi connectivity index (χ3n) is 5.12. The van der Waals surface area contributed by atoms with Gasteiger partial charge in [0.1, 0.15) is 13.0 Å². The molecule has 0 atom stereocenters. The summed E-state index contributed by atoms with van der Waals surface area (Å²) < 4.78 is 12.6. The van der Waals surface area contributed by atoms with E-state index in [1.807, 2.05) is 50.2 Å². The molecule has 0 aliphatic rings. The van der Waals surface area contributed by atoms with E-state index in [1.165, 1.54) is 6.21 Å². The molecule has 0 aliphatic carbocycles. The number of ether oxygens (including phenoxy) is 2. The molecule has 0 radical (unpaired) electrons. The lowest BCUT2D eigenvalue weighted by atomic mass is 10.1. The molecule has 3 aromatic carbocycles. The van der Waals surface area contributed by atoms with E-state index >= 15 is 0 Å². The van der Waals surface area contributed by atoms with Crippen molar-refractivity contribution >= 4 is 69.5 Å². The van der Waals surface area contributed by atoms with Crippen LogP contribution >= 0.6 is 45.8 Å². The van der Waals surface area contributed by atoms with Gasteiger partial charge in [-0.1, -0.05) is 54.4 Å². The molecule has 10 heteroatoms. The Morgan fingerprint density at radius 1 is 1.00 bits per heavy atom. The molecule has 0 unspecified atom stereocenters. The first-order valence-corrected chi connectivity index (χ1v) is 13.4. The van der Waals surface area contributed by atoms with Gasteiger partial charge in [-0.05, 0) is 77.4 Å². The van der Waals surface area contributed by atoms with Gasteiger partial charge in [0.15, 0.2) is 11.5 Å². The van der Waals surface area contributed by atoms with Gasteiger partial charge in [-0.25, -0.2) is 5.43 Å². The molecule has 0 aromatic heterocycles. The van der Waals surface area contributed by atoms with Crippen LogP contribution in [-0.4, -0.2) is 24.6 Å². The Morgan fingerprint density at radius 3 is 2.51 bits per heavy atom. The van der Waals surface area contributed by atoms with Crippen LogP contribution in [0.15, 0.2) is 59.7 Å². The number of hydrogen-bond donors (Lipinski definition) is 2. The van der Waals surface area contributed by atoms with Crippen LogP contribution in [0, 0.1) is 3.57 Å². The van der Waals surface area contributed by atoms with Gasteiger partial charge in [0, 0.05) is 21.3 Å². The van der Waals surface area contributed by atoms with E-state index in [0.717, 1.165) is 21.1 Å². The highest BCUT2D eigenvalue weighted by molar-refractivity contribution is 14.1. The van der Waals surface area contributed by atoms with Crippen molar-refractivity contribution in [1.29, 1.82) is 0 Å². The molecule has 7 nitrogen and oxygen atoms in total. The Kier molecular flexibility index (Phi) is 11.0. The second kappa shape index (κ2) is 14.2. The molecule has 194 valence electrons. The quantitative estimate of drug-likeness (QED) is 0.105. The second-order valence-corrected chi connectivity index (χ2v) is 9.82. The fourth-order valence-corrected chi connectivity index (χ4v) is 4.61. The minimum atomic E-state index is -0.526. The van der Waals surface area contributed by atoms with Crippen molar-refractivity contribution in [3.8, 4) is 11.5 Å². The van der Waals surface area contributed by atoms with Gasteiger partial charge < -0.3 is 14.8 Å². The highest BCUT2D eigenvalue weighted by Crippen LogP contribution is 2.35. The molecule has 0 saturated carbocycles. The molecule has 0 saturated heterocycles. The van der Waals surface area contributed by atoms with Crippen molar-refractivity contribution in [3.63, 3.8) is 0 Å². The minimum Gasteiger partial charge on any atom is -0.490 e. The number of carbonyl (C=O) groups excluding carboxylic acids is 2. The lowest BCUT2D eigenvalue weighted by Crippen LogP contribution is -2.25. The van der Waals surface area contributed by atoms with E-state index in [2.05, 4.69) is 38.4 Å². The largest absolute Gasteiger partial charge is 0.490 e. The van der Waals surface area contributed by atoms with Crippen LogP contribution in [0.2, 0.25) is 10.0 Å². The molecule has 2 N–H and O–H groups in total. The number of hydrazone groups is 1. The highest BCUT2D eigenvalue weighted by Gasteiger charge is 2.14. The zero-order valence-corrected chi connectivity index (χ0v) is 24.0. The molecule has 37 heavy (non-hydrogen) atoms. The third kappa shape index (κ3) is 8.62. The number of halogens is 3. The minimum absolute atomic E-state index is 0.236. The van der Waals surface area contributed by atoms with Gasteiger partial charge in [0.25, 0.3) is 0 Å². The lowest BCUT2D eigenvalue weighted by molar-refractivity contribution is -0.126. The summed E-state index contributed by atoms with van der Waals surface area (Å²) in [6.45, 7) is 4.54. The number of nitrogens with one attached hydrogen (secondary N) is 2. The first-order valence-electron chi connectivity index (χ1n) is 11.5. The molecule has 0 bridgehead atoms. The fourth-order valence-electron chi connectivity index (χ4n) is 3.36. The lowest BCUT2D eigenvalue weighted by Gasteiger charge is -2.15. The van der Waals surface area contributed by atoms with Crippen LogP contribution in [0.1, 0.15) is 37.0 Å². The molecular formula is C27H26Cl2IN3O4. The Labute approximate surface area is 239 Å². The smallest absolute Gasteiger partial charge is 0.249 e. The van der Waals surface area contributed by atoms with E-state index < -0.39 is 11.8 Å². The summed E-state index contributed by atoms with van der Waals surface area (Å²) in [4.78, 5) is 24.5. The zero-order chi connectivity index (χ0) is 26.8. The van der Waals surface area contributed by atoms with E-state index in [0.29, 0.717) is 39.4 Å². The maximum atomic E-state index is 12.3. The van der Waals surface area contributed by atoms with Crippen LogP contribution in [-0.2, 0) is 22.6 Å². The number of hydrogen-bond acceptors (Lipinski definition) is 5. The van der Waals surface area contributed by atoms with Gasteiger partial charge in [-0.2, -0.15) is 5.10 Å². The number of para-hydroxylation sites is 1. The van der Waals surface area contributed by atoms with Crippen molar-refractivity contribution in [2.75, 3.05) is 11.9 Å². The number of rotatable bonds is 11. The van der Waals surface area contributed by atoms with Gasteiger partial charge in [0.05, 0.1) is 16.4 Å². The van der Waals surface area contributed by atoms with Crippen LogP contribution in [0.3, 0.4) is 0 Å². The summed E-state index contributed by atoms with van der Waals surface area (Å²) in [5.74, 6) is 0.159. The molecule has 0 fully saturated rings. The Hall–Kier alpha value is -2.82. The van der Waals surface area contributed by atoms with Gasteiger partial charge >= 0.3 is 0 Å². The van der Waals surface area contributed by atoms with E-state index in [-0.39, 0.29) is 13.0 Å². The van der Waals surface area contributed by atoms with E-state index in [9.17, 15) is 9.59 Å². The Balaban J connectivity index is 1.61. The summed E-state index contributed by atoms with van der Waals surface area (Å²) >= 11 is 14.4. The van der Waals surface area contributed by atoms with Crippen LogP contribution in [0.4, 0.5) is 5.69 Å². The SMILES string of the molecule is CCOc1cc(C=NNC(=O)CC(=O)Nc2ccccc2CC)cc(I)c1OCc1ccc(Cl)cc1Cl.